The van der Waals surface area contributed by atoms with Gasteiger partial charge in [0.2, 0.25) is 0 Å². The van der Waals surface area contributed by atoms with E-state index in [1.54, 1.807) is 0 Å². The molecule has 1 aromatic heterocycles. The molecule has 4 rings (SSSR count). The van der Waals surface area contributed by atoms with Gasteiger partial charge in [-0.15, -0.1) is 5.10 Å². The predicted octanol–water partition coefficient (Wildman–Crippen LogP) is 3.68. The van der Waals surface area contributed by atoms with E-state index in [1.165, 1.54) is 5.56 Å². The first-order chi connectivity index (χ1) is 11.8. The van der Waals surface area contributed by atoms with Crippen LogP contribution in [0.5, 0.6) is 0 Å². The highest BCUT2D eigenvalue weighted by molar-refractivity contribution is 5.88. The molecule has 5 nitrogen and oxygen atoms in total. The fourth-order valence-electron chi connectivity index (χ4n) is 2.33. The molecule has 1 aliphatic heterocycles. The highest BCUT2D eigenvalue weighted by atomic mass is 16.5. The molecule has 1 aliphatic rings. The second kappa shape index (κ2) is 7.28. The third-order valence-corrected chi connectivity index (χ3v) is 3.50. The molecule has 0 atom stereocenters. The minimum atomic E-state index is 0.593. The summed E-state index contributed by atoms with van der Waals surface area (Å²) in [4.78, 5) is 0.797. The van der Waals surface area contributed by atoms with Crippen molar-refractivity contribution in [2.24, 2.45) is 0 Å². The van der Waals surface area contributed by atoms with Crippen molar-refractivity contribution >= 4 is 16.7 Å². The SMILES string of the molecule is Cc1ccccc1.On1nnc2cccc(C3=CC=CC=CN3)c21. The molecule has 2 N–H and O–H groups in total. The van der Waals surface area contributed by atoms with E-state index < -0.39 is 0 Å². The monoisotopic (exact) mass is 318 g/mol. The number of nitrogens with one attached hydrogen (secondary N) is 1. The highest BCUT2D eigenvalue weighted by Gasteiger charge is 2.11. The number of hydrogen-bond donors (Lipinski definition) is 2. The number of benzene rings is 2. The maximum absolute atomic E-state index is 9.65. The lowest BCUT2D eigenvalue weighted by Crippen LogP contribution is -2.05. The summed E-state index contributed by atoms with van der Waals surface area (Å²) >= 11 is 0. The smallest absolute Gasteiger partial charge is 0.139 e. The second-order valence-corrected chi connectivity index (χ2v) is 5.28. The van der Waals surface area contributed by atoms with Crippen molar-refractivity contribution in [1.82, 2.24) is 20.5 Å². The molecule has 0 saturated heterocycles. The van der Waals surface area contributed by atoms with Crippen molar-refractivity contribution in [3.05, 3.63) is 90.2 Å². The average Bonchev–Trinajstić information content (AvgIpc) is 2.83. The van der Waals surface area contributed by atoms with Gasteiger partial charge in [0, 0.05) is 17.5 Å². The molecule has 2 heterocycles. The van der Waals surface area contributed by atoms with Gasteiger partial charge in [-0.25, -0.2) is 0 Å². The van der Waals surface area contributed by atoms with Crippen LogP contribution in [0.1, 0.15) is 11.1 Å². The third kappa shape index (κ3) is 3.52. The predicted molar refractivity (Wildman–Crippen MR) is 95.3 cm³/mol. The number of aromatic nitrogens is 3. The Balaban J connectivity index is 0.000000203. The molecular weight excluding hydrogens is 300 g/mol. The van der Waals surface area contributed by atoms with E-state index in [-0.39, 0.29) is 0 Å². The minimum absolute atomic E-state index is 0.593. The molecular formula is C19H18N4O. The molecule has 0 unspecified atom stereocenters. The fraction of sp³-hybridized carbons (Fsp3) is 0.0526. The van der Waals surface area contributed by atoms with Gasteiger partial charge in [-0.05, 0) is 30.4 Å². The topological polar surface area (TPSA) is 63.0 Å². The number of para-hydroxylation sites is 1. The Morgan fingerprint density at radius 2 is 1.79 bits per heavy atom. The van der Waals surface area contributed by atoms with Gasteiger partial charge in [-0.1, -0.05) is 65.0 Å². The standard InChI is InChI=1S/C12H10N4O.C7H8/c17-16-12-9(5-4-7-11(12)14-15-16)10-6-2-1-3-8-13-10;1-7-5-3-2-4-6-7/h1-8,13,17H;2-6H,1H3. The molecule has 0 bridgehead atoms. The van der Waals surface area contributed by atoms with Crippen molar-refractivity contribution in [3.8, 4) is 0 Å². The van der Waals surface area contributed by atoms with Crippen LogP contribution < -0.4 is 5.32 Å². The Hall–Kier alpha value is -3.34. The van der Waals surface area contributed by atoms with Crippen LogP contribution in [0.2, 0.25) is 0 Å². The van der Waals surface area contributed by atoms with Crippen LogP contribution >= 0.6 is 0 Å². The average molecular weight is 318 g/mol. The molecule has 0 radical (unpaired) electrons. The van der Waals surface area contributed by atoms with Crippen molar-refractivity contribution < 1.29 is 5.21 Å². The molecule has 0 saturated carbocycles. The lowest BCUT2D eigenvalue weighted by atomic mass is 10.1. The van der Waals surface area contributed by atoms with E-state index in [2.05, 4.69) is 34.7 Å². The molecule has 0 amide bonds. The first-order valence-corrected chi connectivity index (χ1v) is 7.61. The summed E-state index contributed by atoms with van der Waals surface area (Å²) in [6.45, 7) is 2.08. The lowest BCUT2D eigenvalue weighted by molar-refractivity contribution is 0.154. The van der Waals surface area contributed by atoms with E-state index in [1.807, 2.05) is 66.9 Å². The summed E-state index contributed by atoms with van der Waals surface area (Å²) in [7, 11) is 0. The molecule has 2 aromatic carbocycles. The van der Waals surface area contributed by atoms with Crippen LogP contribution in [0.25, 0.3) is 16.7 Å². The Kier molecular flexibility index (Phi) is 4.72. The zero-order valence-electron chi connectivity index (χ0n) is 13.3. The van der Waals surface area contributed by atoms with Crippen molar-refractivity contribution in [2.75, 3.05) is 0 Å². The van der Waals surface area contributed by atoms with Crippen LogP contribution in [-0.2, 0) is 0 Å². The van der Waals surface area contributed by atoms with Gasteiger partial charge >= 0.3 is 0 Å². The Morgan fingerprint density at radius 3 is 2.54 bits per heavy atom. The Morgan fingerprint density at radius 1 is 0.958 bits per heavy atom. The summed E-state index contributed by atoms with van der Waals surface area (Å²) in [5.74, 6) is 0. The van der Waals surface area contributed by atoms with E-state index in [0.29, 0.717) is 11.0 Å². The quantitative estimate of drug-likeness (QED) is 0.672. The van der Waals surface area contributed by atoms with Crippen molar-refractivity contribution in [2.45, 2.75) is 6.92 Å². The van der Waals surface area contributed by atoms with Crippen LogP contribution in [-0.4, -0.2) is 20.4 Å². The largest absolute Gasteiger partial charge is 0.410 e. The summed E-state index contributed by atoms with van der Waals surface area (Å²) < 4.78 is 0. The fourth-order valence-corrected chi connectivity index (χ4v) is 2.33. The molecule has 24 heavy (non-hydrogen) atoms. The van der Waals surface area contributed by atoms with Gasteiger partial charge in [0.25, 0.3) is 0 Å². The third-order valence-electron chi connectivity index (χ3n) is 3.50. The first kappa shape index (κ1) is 15.6. The lowest BCUT2D eigenvalue weighted by Gasteiger charge is -2.07. The molecule has 120 valence electrons. The normalized spacial score (nSPS) is 12.8. The zero-order valence-corrected chi connectivity index (χ0v) is 13.3. The molecule has 5 heteroatoms. The van der Waals surface area contributed by atoms with Crippen molar-refractivity contribution in [3.63, 3.8) is 0 Å². The van der Waals surface area contributed by atoms with Gasteiger partial charge in [0.05, 0.1) is 0 Å². The second-order valence-electron chi connectivity index (χ2n) is 5.28. The zero-order chi connectivity index (χ0) is 16.8. The minimum Gasteiger partial charge on any atom is -0.410 e. The number of nitrogens with zero attached hydrogens (tertiary/aromatic N) is 3. The molecule has 0 fully saturated rings. The van der Waals surface area contributed by atoms with Crippen LogP contribution in [0.3, 0.4) is 0 Å². The van der Waals surface area contributed by atoms with Gasteiger partial charge in [-0.2, -0.15) is 0 Å². The van der Waals surface area contributed by atoms with Gasteiger partial charge in [0.1, 0.15) is 11.0 Å². The number of allylic oxidation sites excluding steroid dienone is 4. The van der Waals surface area contributed by atoms with Gasteiger partial charge in [-0.3, -0.25) is 0 Å². The summed E-state index contributed by atoms with van der Waals surface area (Å²) in [5, 5.41) is 20.3. The van der Waals surface area contributed by atoms with E-state index >= 15 is 0 Å². The maximum atomic E-state index is 9.65. The maximum Gasteiger partial charge on any atom is 0.139 e. The van der Waals surface area contributed by atoms with Crippen LogP contribution in [0, 0.1) is 6.92 Å². The van der Waals surface area contributed by atoms with E-state index in [9.17, 15) is 5.21 Å². The summed E-state index contributed by atoms with van der Waals surface area (Å²) in [6.07, 6.45) is 9.52. The van der Waals surface area contributed by atoms with Crippen LogP contribution in [0.15, 0.2) is 79.0 Å². The molecule has 0 aliphatic carbocycles. The van der Waals surface area contributed by atoms with E-state index in [0.717, 1.165) is 16.1 Å². The number of hydrogen-bond acceptors (Lipinski definition) is 4. The number of rotatable bonds is 1. The summed E-state index contributed by atoms with van der Waals surface area (Å²) in [6, 6.07) is 15.9. The highest BCUT2D eigenvalue weighted by Crippen LogP contribution is 2.22. The summed E-state index contributed by atoms with van der Waals surface area (Å²) in [5.41, 5.74) is 4.31. The Labute approximate surface area is 140 Å². The van der Waals surface area contributed by atoms with Crippen LogP contribution in [0.4, 0.5) is 0 Å². The first-order valence-electron chi connectivity index (χ1n) is 7.61. The Bertz CT molecular complexity index is 908. The van der Waals surface area contributed by atoms with E-state index in [4.69, 9.17) is 0 Å². The van der Waals surface area contributed by atoms with Gasteiger partial charge in [0.15, 0.2) is 0 Å². The van der Waals surface area contributed by atoms with Crippen molar-refractivity contribution in [1.29, 1.82) is 0 Å². The molecule has 3 aromatic rings. The molecule has 0 spiro atoms. The number of fused-ring (bicyclic) bond motifs is 1. The van der Waals surface area contributed by atoms with Gasteiger partial charge < -0.3 is 10.5 Å². The number of aryl methyl sites for hydroxylation is 1.